The van der Waals surface area contributed by atoms with Crippen LogP contribution in [-0.4, -0.2) is 31.4 Å². The summed E-state index contributed by atoms with van der Waals surface area (Å²) in [4.78, 5) is 14.2. The third-order valence-electron chi connectivity index (χ3n) is 3.49. The average molecular weight is 355 g/mol. The average Bonchev–Trinajstić information content (AvgIpc) is 2.49. The van der Waals surface area contributed by atoms with Crippen molar-refractivity contribution in [1.29, 1.82) is 0 Å². The zero-order chi connectivity index (χ0) is 17.0. The van der Waals surface area contributed by atoms with E-state index < -0.39 is 0 Å². The number of benzene rings is 2. The van der Waals surface area contributed by atoms with Gasteiger partial charge in [0.2, 0.25) is 0 Å². The molecule has 0 aliphatic carbocycles. The Morgan fingerprint density at radius 2 is 1.96 bits per heavy atom. The zero-order valence-electron chi connectivity index (χ0n) is 12.8. The van der Waals surface area contributed by atoms with Crippen LogP contribution in [0.3, 0.4) is 0 Å². The molecule has 6 heteroatoms. The molecule has 0 saturated carbocycles. The van der Waals surface area contributed by atoms with Crippen molar-refractivity contribution < 1.29 is 9.18 Å². The first-order valence-electron chi connectivity index (χ1n) is 7.03. The van der Waals surface area contributed by atoms with Crippen molar-refractivity contribution in [2.24, 2.45) is 0 Å². The van der Waals surface area contributed by atoms with Crippen molar-refractivity contribution in [2.75, 3.05) is 20.6 Å². The van der Waals surface area contributed by atoms with Crippen molar-refractivity contribution in [1.82, 2.24) is 10.2 Å². The SMILES string of the molecule is CN(C)[C@H](CNC(=O)c1cc(Cl)ccc1Cl)c1cccc(F)c1. The second-order valence-electron chi connectivity index (χ2n) is 5.37. The maximum Gasteiger partial charge on any atom is 0.252 e. The second-order valence-corrected chi connectivity index (χ2v) is 6.21. The fourth-order valence-corrected chi connectivity index (χ4v) is 2.64. The van der Waals surface area contributed by atoms with Crippen LogP contribution in [0, 0.1) is 5.82 Å². The molecule has 0 heterocycles. The molecule has 0 aliphatic rings. The summed E-state index contributed by atoms with van der Waals surface area (Å²) in [5.41, 5.74) is 1.10. The number of likely N-dealkylation sites (N-methyl/N-ethyl adjacent to an activating group) is 1. The van der Waals surface area contributed by atoms with Crippen LogP contribution in [-0.2, 0) is 0 Å². The molecule has 1 atom stereocenters. The summed E-state index contributed by atoms with van der Waals surface area (Å²) in [6, 6.07) is 10.9. The first kappa shape index (κ1) is 17.7. The maximum absolute atomic E-state index is 13.4. The van der Waals surface area contributed by atoms with Gasteiger partial charge in [-0.15, -0.1) is 0 Å². The van der Waals surface area contributed by atoms with Crippen LogP contribution in [0.1, 0.15) is 22.0 Å². The van der Waals surface area contributed by atoms with Gasteiger partial charge in [0.15, 0.2) is 0 Å². The van der Waals surface area contributed by atoms with E-state index in [4.69, 9.17) is 23.2 Å². The van der Waals surface area contributed by atoms with Gasteiger partial charge in [-0.2, -0.15) is 0 Å². The third-order valence-corrected chi connectivity index (χ3v) is 4.05. The van der Waals surface area contributed by atoms with E-state index in [2.05, 4.69) is 5.32 Å². The van der Waals surface area contributed by atoms with Crippen molar-refractivity contribution in [2.45, 2.75) is 6.04 Å². The van der Waals surface area contributed by atoms with Gasteiger partial charge in [-0.1, -0.05) is 35.3 Å². The first-order chi connectivity index (χ1) is 10.9. The molecule has 0 aromatic heterocycles. The minimum atomic E-state index is -0.319. The number of carbonyl (C=O) groups excluding carboxylic acids is 1. The Balaban J connectivity index is 2.13. The predicted octanol–water partition coefficient (Wildman–Crippen LogP) is 4.17. The van der Waals surface area contributed by atoms with E-state index in [1.54, 1.807) is 18.2 Å². The first-order valence-corrected chi connectivity index (χ1v) is 7.79. The Morgan fingerprint density at radius 3 is 2.61 bits per heavy atom. The lowest BCUT2D eigenvalue weighted by molar-refractivity contribution is 0.0942. The molecule has 0 radical (unpaired) electrons. The highest BCUT2D eigenvalue weighted by Gasteiger charge is 2.17. The van der Waals surface area contributed by atoms with E-state index in [-0.39, 0.29) is 17.8 Å². The van der Waals surface area contributed by atoms with Crippen molar-refractivity contribution in [3.8, 4) is 0 Å². The molecule has 0 spiro atoms. The number of carbonyl (C=O) groups is 1. The van der Waals surface area contributed by atoms with Crippen molar-refractivity contribution in [3.63, 3.8) is 0 Å². The van der Waals surface area contributed by atoms with E-state index in [9.17, 15) is 9.18 Å². The number of halogens is 3. The molecular formula is C17H17Cl2FN2O. The molecule has 0 aliphatic heterocycles. The minimum absolute atomic E-state index is 0.160. The van der Waals surface area contributed by atoms with Gasteiger partial charge in [0.1, 0.15) is 5.82 Å². The molecule has 23 heavy (non-hydrogen) atoms. The predicted molar refractivity (Wildman–Crippen MR) is 91.6 cm³/mol. The standard InChI is InChI=1S/C17H17Cl2FN2O/c1-22(2)16(11-4-3-5-13(20)8-11)10-21-17(23)14-9-12(18)6-7-15(14)19/h3-9,16H,10H2,1-2H3,(H,21,23)/t16-/m1/s1. The topological polar surface area (TPSA) is 32.3 Å². The molecule has 3 nitrogen and oxygen atoms in total. The quantitative estimate of drug-likeness (QED) is 0.873. The lowest BCUT2D eigenvalue weighted by Crippen LogP contribution is -2.34. The molecular weight excluding hydrogens is 338 g/mol. The fraction of sp³-hybridized carbons (Fsp3) is 0.235. The van der Waals surface area contributed by atoms with Crippen LogP contribution in [0.2, 0.25) is 10.0 Å². The Hall–Kier alpha value is -1.62. The monoisotopic (exact) mass is 354 g/mol. The van der Waals surface area contributed by atoms with E-state index in [1.807, 2.05) is 25.1 Å². The molecule has 2 aromatic carbocycles. The van der Waals surface area contributed by atoms with Gasteiger partial charge in [-0.3, -0.25) is 4.79 Å². The summed E-state index contributed by atoms with van der Waals surface area (Å²) in [6.07, 6.45) is 0. The van der Waals surface area contributed by atoms with Gasteiger partial charge in [-0.25, -0.2) is 4.39 Å². The highest BCUT2D eigenvalue weighted by Crippen LogP contribution is 2.22. The molecule has 122 valence electrons. The van der Waals surface area contributed by atoms with Gasteiger partial charge in [0, 0.05) is 11.6 Å². The summed E-state index contributed by atoms with van der Waals surface area (Å²) in [5, 5.41) is 3.59. The van der Waals surface area contributed by atoms with Crippen LogP contribution in [0.4, 0.5) is 4.39 Å². The summed E-state index contributed by atoms with van der Waals surface area (Å²) in [5.74, 6) is -0.626. The number of nitrogens with one attached hydrogen (secondary N) is 1. The van der Waals surface area contributed by atoms with E-state index in [0.717, 1.165) is 5.56 Å². The highest BCUT2D eigenvalue weighted by atomic mass is 35.5. The number of amides is 1. The zero-order valence-corrected chi connectivity index (χ0v) is 14.3. The number of rotatable bonds is 5. The summed E-state index contributed by atoms with van der Waals surface area (Å²) < 4.78 is 13.4. The molecule has 0 unspecified atom stereocenters. The normalized spacial score (nSPS) is 12.3. The Bertz CT molecular complexity index is 707. The van der Waals surface area contributed by atoms with Crippen LogP contribution < -0.4 is 5.32 Å². The van der Waals surface area contributed by atoms with Crippen LogP contribution >= 0.6 is 23.2 Å². The largest absolute Gasteiger partial charge is 0.350 e. The second kappa shape index (κ2) is 7.77. The summed E-state index contributed by atoms with van der Waals surface area (Å²) in [7, 11) is 3.74. The molecule has 2 aromatic rings. The molecule has 0 fully saturated rings. The fourth-order valence-electron chi connectivity index (χ4n) is 2.27. The lowest BCUT2D eigenvalue weighted by atomic mass is 10.1. The number of hydrogen-bond donors (Lipinski definition) is 1. The molecule has 2 rings (SSSR count). The van der Waals surface area contributed by atoms with Gasteiger partial charge in [-0.05, 0) is 50.0 Å². The highest BCUT2D eigenvalue weighted by molar-refractivity contribution is 6.35. The minimum Gasteiger partial charge on any atom is -0.350 e. The van der Waals surface area contributed by atoms with Crippen LogP contribution in [0.15, 0.2) is 42.5 Å². The van der Waals surface area contributed by atoms with E-state index in [0.29, 0.717) is 22.2 Å². The molecule has 0 bridgehead atoms. The van der Waals surface area contributed by atoms with Gasteiger partial charge < -0.3 is 10.2 Å². The van der Waals surface area contributed by atoms with Gasteiger partial charge in [0.05, 0.1) is 16.6 Å². The Labute approximate surface area is 145 Å². The number of nitrogens with zero attached hydrogens (tertiary/aromatic N) is 1. The van der Waals surface area contributed by atoms with Crippen molar-refractivity contribution >= 4 is 29.1 Å². The van der Waals surface area contributed by atoms with E-state index in [1.165, 1.54) is 18.2 Å². The van der Waals surface area contributed by atoms with Crippen LogP contribution in [0.25, 0.3) is 0 Å². The maximum atomic E-state index is 13.4. The summed E-state index contributed by atoms with van der Waals surface area (Å²) >= 11 is 11.9. The Morgan fingerprint density at radius 1 is 1.22 bits per heavy atom. The molecule has 0 saturated heterocycles. The third kappa shape index (κ3) is 4.67. The lowest BCUT2D eigenvalue weighted by Gasteiger charge is -2.25. The van der Waals surface area contributed by atoms with Crippen molar-refractivity contribution in [3.05, 3.63) is 69.5 Å². The van der Waals surface area contributed by atoms with Crippen LogP contribution in [0.5, 0.6) is 0 Å². The smallest absolute Gasteiger partial charge is 0.252 e. The molecule has 1 amide bonds. The Kier molecular flexibility index (Phi) is 5.99. The van der Waals surface area contributed by atoms with E-state index >= 15 is 0 Å². The number of hydrogen-bond acceptors (Lipinski definition) is 2. The summed E-state index contributed by atoms with van der Waals surface area (Å²) in [6.45, 7) is 0.318. The van der Waals surface area contributed by atoms with Gasteiger partial charge in [0.25, 0.3) is 5.91 Å². The van der Waals surface area contributed by atoms with Gasteiger partial charge >= 0.3 is 0 Å². The molecule has 1 N–H and O–H groups in total.